The first kappa shape index (κ1) is 16.8. The van der Waals surface area contributed by atoms with Crippen LogP contribution in [0.3, 0.4) is 0 Å². The summed E-state index contributed by atoms with van der Waals surface area (Å²) in [7, 11) is 0. The van der Waals surface area contributed by atoms with E-state index in [0.29, 0.717) is 10.2 Å². The zero-order chi connectivity index (χ0) is 18.1. The van der Waals surface area contributed by atoms with Gasteiger partial charge in [0.25, 0.3) is 5.91 Å². The average Bonchev–Trinajstić information content (AvgIpc) is 3.33. The molecule has 0 aliphatic carbocycles. The monoisotopic (exact) mass is 383 g/mol. The highest BCUT2D eigenvalue weighted by molar-refractivity contribution is 7.23. The predicted octanol–water partition coefficient (Wildman–Crippen LogP) is 5.09. The van der Waals surface area contributed by atoms with Crippen LogP contribution < -0.4 is 4.90 Å². The smallest absolute Gasteiger partial charge is 0.296 e. The van der Waals surface area contributed by atoms with Crippen LogP contribution in [-0.4, -0.2) is 15.9 Å². The lowest BCUT2D eigenvalue weighted by atomic mass is 10.2. The number of halogens is 1. The molecule has 0 aliphatic heterocycles. The van der Waals surface area contributed by atoms with Crippen LogP contribution >= 0.6 is 22.9 Å². The molecule has 1 aromatic carbocycles. The third-order valence-corrected chi connectivity index (χ3v) is 5.48. The van der Waals surface area contributed by atoms with Crippen molar-refractivity contribution < 1.29 is 9.21 Å². The number of nitrogens with zero attached hydrogens (tertiary/aromatic N) is 3. The van der Waals surface area contributed by atoms with E-state index in [1.165, 1.54) is 17.6 Å². The van der Waals surface area contributed by atoms with E-state index in [9.17, 15) is 4.79 Å². The Kier molecular flexibility index (Phi) is 4.44. The van der Waals surface area contributed by atoms with E-state index in [4.69, 9.17) is 16.0 Å². The molecule has 0 saturated carbocycles. The molecule has 0 spiro atoms. The Labute approximate surface area is 158 Å². The normalized spacial score (nSPS) is 11.0. The zero-order valence-electron chi connectivity index (χ0n) is 13.8. The van der Waals surface area contributed by atoms with Gasteiger partial charge in [-0.2, -0.15) is 0 Å². The van der Waals surface area contributed by atoms with Gasteiger partial charge in [-0.3, -0.25) is 14.7 Å². The van der Waals surface area contributed by atoms with Gasteiger partial charge in [0.05, 0.1) is 33.7 Å². The molecule has 3 aromatic heterocycles. The lowest BCUT2D eigenvalue weighted by molar-refractivity contribution is 0.0958. The fourth-order valence-corrected chi connectivity index (χ4v) is 3.93. The van der Waals surface area contributed by atoms with Crippen LogP contribution in [0.4, 0.5) is 5.13 Å². The predicted molar refractivity (Wildman–Crippen MR) is 103 cm³/mol. The summed E-state index contributed by atoms with van der Waals surface area (Å²) in [5.74, 6) is -0.0171. The third-order valence-electron chi connectivity index (χ3n) is 3.94. The topological polar surface area (TPSA) is 59.2 Å². The van der Waals surface area contributed by atoms with Gasteiger partial charge < -0.3 is 4.42 Å². The molecule has 3 heterocycles. The minimum absolute atomic E-state index is 0.253. The Bertz CT molecular complexity index is 1020. The quantitative estimate of drug-likeness (QED) is 0.492. The largest absolute Gasteiger partial charge is 0.459 e. The average molecular weight is 384 g/mol. The summed E-state index contributed by atoms with van der Waals surface area (Å²) in [5, 5.41) is 1.18. The number of thiazole rings is 1. The van der Waals surface area contributed by atoms with Crippen molar-refractivity contribution in [1.82, 2.24) is 9.97 Å². The fourth-order valence-electron chi connectivity index (χ4n) is 2.62. The lowest BCUT2D eigenvalue weighted by Gasteiger charge is -2.18. The molecule has 0 atom stereocenters. The van der Waals surface area contributed by atoms with Crippen molar-refractivity contribution >= 4 is 44.2 Å². The van der Waals surface area contributed by atoms with Gasteiger partial charge in [-0.05, 0) is 42.8 Å². The second-order valence-corrected chi connectivity index (χ2v) is 7.11. The van der Waals surface area contributed by atoms with Crippen molar-refractivity contribution in [1.29, 1.82) is 0 Å². The second-order valence-electron chi connectivity index (χ2n) is 5.73. The van der Waals surface area contributed by atoms with Crippen molar-refractivity contribution in [2.45, 2.75) is 13.5 Å². The molecule has 1 amide bonds. The summed E-state index contributed by atoms with van der Waals surface area (Å²) in [4.78, 5) is 23.6. The van der Waals surface area contributed by atoms with Crippen molar-refractivity contribution in [2.75, 3.05) is 4.90 Å². The number of fused-ring (bicyclic) bond motifs is 1. The second kappa shape index (κ2) is 6.90. The Morgan fingerprint density at radius 2 is 2.12 bits per heavy atom. The minimum atomic E-state index is -0.270. The molecule has 5 nitrogen and oxygen atoms in total. The van der Waals surface area contributed by atoms with E-state index in [1.807, 2.05) is 37.3 Å². The SMILES string of the molecule is Cc1ccc(Cl)c2sc(N(Cc3ccccn3)C(=O)c3ccco3)nc12. The summed E-state index contributed by atoms with van der Waals surface area (Å²) in [5.41, 5.74) is 2.57. The molecular weight excluding hydrogens is 370 g/mol. The van der Waals surface area contributed by atoms with E-state index in [2.05, 4.69) is 9.97 Å². The lowest BCUT2D eigenvalue weighted by Crippen LogP contribution is -2.30. The third kappa shape index (κ3) is 3.09. The van der Waals surface area contributed by atoms with Crippen molar-refractivity contribution in [3.05, 3.63) is 77.0 Å². The molecule has 7 heteroatoms. The van der Waals surface area contributed by atoms with Crippen LogP contribution in [-0.2, 0) is 6.54 Å². The Hall–Kier alpha value is -2.70. The van der Waals surface area contributed by atoms with Crippen molar-refractivity contribution in [3.8, 4) is 0 Å². The van der Waals surface area contributed by atoms with E-state index in [-0.39, 0.29) is 18.2 Å². The standard InChI is InChI=1S/C19H14ClN3O2S/c1-12-7-8-14(20)17-16(12)22-19(26-17)23(11-13-5-2-3-9-21-13)18(24)15-6-4-10-25-15/h2-10H,11H2,1H3. The number of hydrogen-bond donors (Lipinski definition) is 0. The highest BCUT2D eigenvalue weighted by Gasteiger charge is 2.24. The molecule has 4 aromatic rings. The number of aromatic nitrogens is 2. The van der Waals surface area contributed by atoms with Gasteiger partial charge in [0.15, 0.2) is 10.9 Å². The number of carbonyl (C=O) groups excluding carboxylic acids is 1. The van der Waals surface area contributed by atoms with Crippen molar-refractivity contribution in [2.24, 2.45) is 0 Å². The van der Waals surface area contributed by atoms with E-state index >= 15 is 0 Å². The van der Waals surface area contributed by atoms with Crippen LogP contribution in [0, 0.1) is 6.92 Å². The summed E-state index contributed by atoms with van der Waals surface area (Å²) in [6.07, 6.45) is 3.18. The number of aryl methyl sites for hydroxylation is 1. The number of hydrogen-bond acceptors (Lipinski definition) is 5. The Balaban J connectivity index is 1.81. The number of furan rings is 1. The number of rotatable bonds is 4. The first-order valence-electron chi connectivity index (χ1n) is 7.94. The summed E-state index contributed by atoms with van der Waals surface area (Å²) in [6.45, 7) is 2.26. The molecule has 0 fully saturated rings. The van der Waals surface area contributed by atoms with Crippen LogP contribution in [0.2, 0.25) is 5.02 Å². The Morgan fingerprint density at radius 1 is 1.23 bits per heavy atom. The first-order chi connectivity index (χ1) is 12.6. The number of carbonyl (C=O) groups is 1. The summed E-state index contributed by atoms with van der Waals surface area (Å²) < 4.78 is 6.16. The number of pyridine rings is 1. The zero-order valence-corrected chi connectivity index (χ0v) is 15.4. The van der Waals surface area contributed by atoms with Crippen molar-refractivity contribution in [3.63, 3.8) is 0 Å². The maximum Gasteiger partial charge on any atom is 0.296 e. The van der Waals surface area contributed by atoms with E-state index in [0.717, 1.165) is 21.5 Å². The molecule has 0 N–H and O–H groups in total. The fraction of sp³-hybridized carbons (Fsp3) is 0.105. The highest BCUT2D eigenvalue weighted by Crippen LogP contribution is 2.36. The summed E-state index contributed by atoms with van der Waals surface area (Å²) in [6, 6.07) is 12.7. The molecular formula is C19H14ClN3O2S. The van der Waals surface area contributed by atoms with Gasteiger partial charge in [0, 0.05) is 6.20 Å². The summed E-state index contributed by atoms with van der Waals surface area (Å²) >= 11 is 7.71. The van der Waals surface area contributed by atoms with Crippen LogP contribution in [0.5, 0.6) is 0 Å². The maximum absolute atomic E-state index is 13.0. The molecule has 0 bridgehead atoms. The van der Waals surface area contributed by atoms with Crippen LogP contribution in [0.1, 0.15) is 21.8 Å². The molecule has 0 unspecified atom stereocenters. The Morgan fingerprint density at radius 3 is 2.81 bits per heavy atom. The number of benzene rings is 1. The maximum atomic E-state index is 13.0. The number of anilines is 1. The molecule has 4 rings (SSSR count). The van der Waals surface area contributed by atoms with Gasteiger partial charge >= 0.3 is 0 Å². The number of amides is 1. The minimum Gasteiger partial charge on any atom is -0.459 e. The van der Waals surface area contributed by atoms with Crippen LogP contribution in [0.25, 0.3) is 10.2 Å². The molecule has 0 saturated heterocycles. The van der Waals surface area contributed by atoms with E-state index < -0.39 is 0 Å². The molecule has 0 radical (unpaired) electrons. The van der Waals surface area contributed by atoms with Crippen LogP contribution in [0.15, 0.2) is 59.3 Å². The van der Waals surface area contributed by atoms with E-state index in [1.54, 1.807) is 23.2 Å². The van der Waals surface area contributed by atoms with Gasteiger partial charge in [-0.1, -0.05) is 35.1 Å². The molecule has 26 heavy (non-hydrogen) atoms. The van der Waals surface area contributed by atoms with Gasteiger partial charge in [0.2, 0.25) is 0 Å². The van der Waals surface area contributed by atoms with Gasteiger partial charge in [0.1, 0.15) is 0 Å². The molecule has 130 valence electrons. The molecule has 0 aliphatic rings. The van der Waals surface area contributed by atoms with Gasteiger partial charge in [-0.25, -0.2) is 4.98 Å². The highest BCUT2D eigenvalue weighted by atomic mass is 35.5. The van der Waals surface area contributed by atoms with Gasteiger partial charge in [-0.15, -0.1) is 0 Å². The first-order valence-corrected chi connectivity index (χ1v) is 9.14.